The van der Waals surface area contributed by atoms with E-state index < -0.39 is 0 Å². The van der Waals surface area contributed by atoms with Gasteiger partial charge in [-0.05, 0) is 61.9 Å². The van der Waals surface area contributed by atoms with Crippen LogP contribution >= 0.6 is 0 Å². The van der Waals surface area contributed by atoms with Crippen molar-refractivity contribution in [2.75, 3.05) is 20.2 Å². The van der Waals surface area contributed by atoms with Crippen LogP contribution in [0.3, 0.4) is 0 Å². The number of methoxy groups -OCH3 is 1. The number of nitrogens with one attached hydrogen (secondary N) is 1. The van der Waals surface area contributed by atoms with E-state index in [1.54, 1.807) is 7.11 Å². The maximum absolute atomic E-state index is 5.17. The Labute approximate surface area is 104 Å². The topological polar surface area (TPSA) is 21.3 Å². The molecule has 94 valence electrons. The third-order valence-electron chi connectivity index (χ3n) is 3.93. The molecule has 2 nitrogen and oxygen atoms in total. The molecule has 1 heterocycles. The van der Waals surface area contributed by atoms with E-state index in [9.17, 15) is 0 Å². The van der Waals surface area contributed by atoms with Gasteiger partial charge in [0, 0.05) is 0 Å². The molecule has 0 aromatic heterocycles. The van der Waals surface area contributed by atoms with E-state index in [2.05, 4.69) is 36.5 Å². The molecule has 1 aromatic carbocycles. The van der Waals surface area contributed by atoms with Gasteiger partial charge in [-0.25, -0.2) is 0 Å². The lowest BCUT2D eigenvalue weighted by atomic mass is 9.83. The van der Waals surface area contributed by atoms with Gasteiger partial charge < -0.3 is 10.1 Å². The Bertz CT molecular complexity index is 333. The Hall–Kier alpha value is -1.02. The van der Waals surface area contributed by atoms with Crippen LogP contribution in [0.15, 0.2) is 24.3 Å². The van der Waals surface area contributed by atoms with Gasteiger partial charge in [0.15, 0.2) is 0 Å². The first-order valence-electron chi connectivity index (χ1n) is 6.63. The minimum absolute atomic E-state index is 0.821. The minimum Gasteiger partial charge on any atom is -0.497 e. The molecule has 17 heavy (non-hydrogen) atoms. The van der Waals surface area contributed by atoms with Gasteiger partial charge in [-0.3, -0.25) is 0 Å². The summed E-state index contributed by atoms with van der Waals surface area (Å²) in [5.74, 6) is 2.66. The van der Waals surface area contributed by atoms with Crippen molar-refractivity contribution >= 4 is 0 Å². The molecular formula is C15H23NO. The summed E-state index contributed by atoms with van der Waals surface area (Å²) in [4.78, 5) is 0. The van der Waals surface area contributed by atoms with Gasteiger partial charge in [-0.1, -0.05) is 19.1 Å². The Morgan fingerprint density at radius 2 is 2.06 bits per heavy atom. The predicted molar refractivity (Wildman–Crippen MR) is 71.5 cm³/mol. The molecule has 2 rings (SSSR count). The van der Waals surface area contributed by atoms with Crippen LogP contribution in [0.25, 0.3) is 0 Å². The highest BCUT2D eigenvalue weighted by Crippen LogP contribution is 2.24. The van der Waals surface area contributed by atoms with E-state index in [1.165, 1.54) is 37.9 Å². The van der Waals surface area contributed by atoms with Crippen LogP contribution in [0.4, 0.5) is 0 Å². The molecule has 0 aliphatic carbocycles. The lowest BCUT2D eigenvalue weighted by Crippen LogP contribution is -2.35. The molecule has 1 fully saturated rings. The fourth-order valence-electron chi connectivity index (χ4n) is 2.64. The van der Waals surface area contributed by atoms with Crippen molar-refractivity contribution in [1.82, 2.24) is 5.32 Å². The fraction of sp³-hybridized carbons (Fsp3) is 0.600. The second-order valence-electron chi connectivity index (χ2n) is 5.12. The molecule has 1 aliphatic heterocycles. The third kappa shape index (κ3) is 3.47. The lowest BCUT2D eigenvalue weighted by molar-refractivity contribution is 0.259. The van der Waals surface area contributed by atoms with Crippen LogP contribution in [-0.2, 0) is 6.42 Å². The Balaban J connectivity index is 1.84. The normalized spacial score (nSPS) is 24.6. The number of aryl methyl sites for hydroxylation is 1. The van der Waals surface area contributed by atoms with Crippen molar-refractivity contribution in [2.24, 2.45) is 11.8 Å². The Morgan fingerprint density at radius 1 is 1.29 bits per heavy atom. The van der Waals surface area contributed by atoms with Gasteiger partial charge in [-0.15, -0.1) is 0 Å². The lowest BCUT2D eigenvalue weighted by Gasteiger charge is -2.29. The molecule has 1 aliphatic rings. The number of hydrogen-bond acceptors (Lipinski definition) is 2. The summed E-state index contributed by atoms with van der Waals surface area (Å²) in [5.41, 5.74) is 1.43. The highest BCUT2D eigenvalue weighted by atomic mass is 16.5. The second kappa shape index (κ2) is 6.06. The molecule has 2 heteroatoms. The standard InChI is InChI=1S/C15H23NO/c1-12-11-16-10-9-14(12)6-3-13-4-7-15(17-2)8-5-13/h4-5,7-8,12,14,16H,3,6,9-11H2,1-2H3. The molecule has 0 spiro atoms. The summed E-state index contributed by atoms with van der Waals surface area (Å²) in [7, 11) is 1.71. The van der Waals surface area contributed by atoms with Gasteiger partial charge in [0.25, 0.3) is 0 Å². The smallest absolute Gasteiger partial charge is 0.118 e. The Kier molecular flexibility index (Phi) is 4.43. The number of piperidine rings is 1. The van der Waals surface area contributed by atoms with Crippen molar-refractivity contribution in [3.8, 4) is 5.75 Å². The summed E-state index contributed by atoms with van der Waals surface area (Å²) in [6.45, 7) is 4.75. The van der Waals surface area contributed by atoms with Crippen molar-refractivity contribution in [1.29, 1.82) is 0 Å². The van der Waals surface area contributed by atoms with Crippen molar-refractivity contribution in [2.45, 2.75) is 26.2 Å². The third-order valence-corrected chi connectivity index (χ3v) is 3.93. The predicted octanol–water partition coefficient (Wildman–Crippen LogP) is 2.87. The van der Waals surface area contributed by atoms with Crippen molar-refractivity contribution in [3.05, 3.63) is 29.8 Å². The van der Waals surface area contributed by atoms with Crippen LogP contribution in [0.1, 0.15) is 25.3 Å². The largest absolute Gasteiger partial charge is 0.497 e. The molecule has 1 saturated heterocycles. The first-order valence-corrected chi connectivity index (χ1v) is 6.63. The van der Waals surface area contributed by atoms with E-state index in [4.69, 9.17) is 4.74 Å². The molecular weight excluding hydrogens is 210 g/mol. The zero-order valence-corrected chi connectivity index (χ0v) is 10.9. The summed E-state index contributed by atoms with van der Waals surface area (Å²) in [5, 5.41) is 3.46. The molecule has 1 aromatic rings. The minimum atomic E-state index is 0.821. The first kappa shape index (κ1) is 12.4. The summed E-state index contributed by atoms with van der Waals surface area (Å²) >= 11 is 0. The number of rotatable bonds is 4. The number of benzene rings is 1. The maximum Gasteiger partial charge on any atom is 0.118 e. The van der Waals surface area contributed by atoms with Crippen LogP contribution in [0.5, 0.6) is 5.75 Å². The van der Waals surface area contributed by atoms with E-state index in [0.29, 0.717) is 0 Å². The van der Waals surface area contributed by atoms with Gasteiger partial charge in [-0.2, -0.15) is 0 Å². The number of ether oxygens (including phenoxy) is 1. The molecule has 0 saturated carbocycles. The second-order valence-corrected chi connectivity index (χ2v) is 5.12. The summed E-state index contributed by atoms with van der Waals surface area (Å²) in [6, 6.07) is 8.48. The zero-order valence-electron chi connectivity index (χ0n) is 10.9. The van der Waals surface area contributed by atoms with Gasteiger partial charge in [0.1, 0.15) is 5.75 Å². The van der Waals surface area contributed by atoms with Crippen LogP contribution in [0, 0.1) is 11.8 Å². The van der Waals surface area contributed by atoms with Crippen molar-refractivity contribution < 1.29 is 4.74 Å². The fourth-order valence-corrected chi connectivity index (χ4v) is 2.64. The van der Waals surface area contributed by atoms with E-state index >= 15 is 0 Å². The van der Waals surface area contributed by atoms with Crippen LogP contribution < -0.4 is 10.1 Å². The molecule has 2 atom stereocenters. The summed E-state index contributed by atoms with van der Waals surface area (Å²) < 4.78 is 5.17. The number of hydrogen-bond donors (Lipinski definition) is 1. The molecule has 0 amide bonds. The van der Waals surface area contributed by atoms with Crippen LogP contribution in [0.2, 0.25) is 0 Å². The molecule has 0 radical (unpaired) electrons. The van der Waals surface area contributed by atoms with E-state index in [0.717, 1.165) is 17.6 Å². The average Bonchev–Trinajstić information content (AvgIpc) is 2.38. The zero-order chi connectivity index (χ0) is 12.1. The SMILES string of the molecule is COc1ccc(CCC2CCNCC2C)cc1. The quantitative estimate of drug-likeness (QED) is 0.863. The summed E-state index contributed by atoms with van der Waals surface area (Å²) in [6.07, 6.45) is 3.84. The monoisotopic (exact) mass is 233 g/mol. The van der Waals surface area contributed by atoms with E-state index in [1.807, 2.05) is 0 Å². The molecule has 0 bridgehead atoms. The van der Waals surface area contributed by atoms with Gasteiger partial charge in [0.05, 0.1) is 7.11 Å². The highest BCUT2D eigenvalue weighted by molar-refractivity contribution is 5.27. The molecule has 2 unspecified atom stereocenters. The van der Waals surface area contributed by atoms with Gasteiger partial charge >= 0.3 is 0 Å². The average molecular weight is 233 g/mol. The van der Waals surface area contributed by atoms with Crippen molar-refractivity contribution in [3.63, 3.8) is 0 Å². The van der Waals surface area contributed by atoms with Crippen LogP contribution in [-0.4, -0.2) is 20.2 Å². The first-order chi connectivity index (χ1) is 8.29. The molecule has 1 N–H and O–H groups in total. The Morgan fingerprint density at radius 3 is 2.71 bits per heavy atom. The maximum atomic E-state index is 5.17. The highest BCUT2D eigenvalue weighted by Gasteiger charge is 2.20. The van der Waals surface area contributed by atoms with Gasteiger partial charge in [0.2, 0.25) is 0 Å². The van der Waals surface area contributed by atoms with E-state index in [-0.39, 0.29) is 0 Å².